The van der Waals surface area contributed by atoms with E-state index < -0.39 is 0 Å². The van der Waals surface area contributed by atoms with Crippen molar-refractivity contribution in [1.29, 1.82) is 0 Å². The molecule has 1 N–H and O–H groups in total. The van der Waals surface area contributed by atoms with Gasteiger partial charge in [0.2, 0.25) is 0 Å². The van der Waals surface area contributed by atoms with Crippen LogP contribution in [0.25, 0.3) is 0 Å². The highest BCUT2D eigenvalue weighted by atomic mass is 16.3. The first-order valence-electron chi connectivity index (χ1n) is 6.00. The molecule has 1 aromatic heterocycles. The molecule has 15 heavy (non-hydrogen) atoms. The summed E-state index contributed by atoms with van der Waals surface area (Å²) in [6, 6.07) is 2.57. The van der Waals surface area contributed by atoms with Gasteiger partial charge in [-0.3, -0.25) is 0 Å². The molecular formula is C13H21NO. The normalized spacial score (nSPS) is 28.9. The first kappa shape index (κ1) is 10.7. The Morgan fingerprint density at radius 1 is 1.33 bits per heavy atom. The molecule has 0 amide bonds. The van der Waals surface area contributed by atoms with Crippen LogP contribution in [0, 0.1) is 11.8 Å². The van der Waals surface area contributed by atoms with E-state index in [-0.39, 0.29) is 0 Å². The minimum Gasteiger partial charge on any atom is -0.472 e. The fraction of sp³-hybridized carbons (Fsp3) is 0.692. The van der Waals surface area contributed by atoms with Gasteiger partial charge in [0.15, 0.2) is 0 Å². The van der Waals surface area contributed by atoms with E-state index in [4.69, 9.17) is 4.42 Å². The highest BCUT2D eigenvalue weighted by Crippen LogP contribution is 2.36. The molecule has 1 atom stereocenters. The summed E-state index contributed by atoms with van der Waals surface area (Å²) in [6.07, 6.45) is 9.08. The first-order chi connectivity index (χ1) is 7.31. The molecular weight excluding hydrogens is 186 g/mol. The van der Waals surface area contributed by atoms with Crippen molar-refractivity contribution in [3.63, 3.8) is 0 Å². The third kappa shape index (κ3) is 2.43. The zero-order valence-corrected chi connectivity index (χ0v) is 9.70. The average Bonchev–Trinajstić information content (AvgIpc) is 2.75. The van der Waals surface area contributed by atoms with E-state index in [1.807, 2.05) is 6.26 Å². The van der Waals surface area contributed by atoms with E-state index >= 15 is 0 Å². The second kappa shape index (κ2) is 4.84. The lowest BCUT2D eigenvalue weighted by atomic mass is 9.78. The van der Waals surface area contributed by atoms with E-state index in [2.05, 4.69) is 25.4 Å². The van der Waals surface area contributed by atoms with Crippen molar-refractivity contribution in [2.75, 3.05) is 7.05 Å². The van der Waals surface area contributed by atoms with E-state index in [0.29, 0.717) is 6.04 Å². The number of furan rings is 1. The van der Waals surface area contributed by atoms with Gasteiger partial charge >= 0.3 is 0 Å². The van der Waals surface area contributed by atoms with Gasteiger partial charge in [0.25, 0.3) is 0 Å². The molecule has 1 heterocycles. The van der Waals surface area contributed by atoms with Crippen LogP contribution in [0.5, 0.6) is 0 Å². The highest BCUT2D eigenvalue weighted by Gasteiger charge is 2.26. The number of hydrogen-bond acceptors (Lipinski definition) is 2. The number of hydrogen-bond donors (Lipinski definition) is 1. The van der Waals surface area contributed by atoms with Crippen molar-refractivity contribution in [3.8, 4) is 0 Å². The van der Waals surface area contributed by atoms with Gasteiger partial charge < -0.3 is 9.73 Å². The van der Waals surface area contributed by atoms with Crippen LogP contribution >= 0.6 is 0 Å². The zero-order chi connectivity index (χ0) is 10.7. The van der Waals surface area contributed by atoms with E-state index in [0.717, 1.165) is 11.8 Å². The monoisotopic (exact) mass is 207 g/mol. The summed E-state index contributed by atoms with van der Waals surface area (Å²) in [4.78, 5) is 0. The van der Waals surface area contributed by atoms with Crippen molar-refractivity contribution < 1.29 is 4.42 Å². The Morgan fingerprint density at radius 3 is 2.60 bits per heavy atom. The van der Waals surface area contributed by atoms with E-state index in [1.165, 1.54) is 31.2 Å². The molecule has 1 aromatic rings. The number of rotatable bonds is 3. The average molecular weight is 207 g/mol. The van der Waals surface area contributed by atoms with Gasteiger partial charge in [-0.2, -0.15) is 0 Å². The van der Waals surface area contributed by atoms with Crippen LogP contribution in [0.1, 0.15) is 44.2 Å². The molecule has 1 saturated carbocycles. The standard InChI is InChI=1S/C13H21NO/c1-10-3-5-11(6-4-10)13(14-2)12-7-8-15-9-12/h7-11,13-14H,3-6H2,1-2H3. The molecule has 1 unspecified atom stereocenters. The van der Waals surface area contributed by atoms with Crippen LogP contribution in [-0.4, -0.2) is 7.05 Å². The Bertz CT molecular complexity index is 273. The van der Waals surface area contributed by atoms with Crippen LogP contribution in [-0.2, 0) is 0 Å². The third-order valence-corrected chi connectivity index (χ3v) is 3.75. The molecule has 1 fully saturated rings. The molecule has 2 heteroatoms. The molecule has 0 aliphatic heterocycles. The minimum absolute atomic E-state index is 0.483. The Hall–Kier alpha value is -0.760. The van der Waals surface area contributed by atoms with Crippen LogP contribution < -0.4 is 5.32 Å². The summed E-state index contributed by atoms with van der Waals surface area (Å²) >= 11 is 0. The second-order valence-corrected chi connectivity index (χ2v) is 4.84. The van der Waals surface area contributed by atoms with Crippen LogP contribution in [0.15, 0.2) is 23.0 Å². The van der Waals surface area contributed by atoms with Gasteiger partial charge in [0, 0.05) is 11.6 Å². The minimum atomic E-state index is 0.483. The summed E-state index contributed by atoms with van der Waals surface area (Å²) in [5.41, 5.74) is 1.30. The molecule has 1 aliphatic rings. The van der Waals surface area contributed by atoms with E-state index in [1.54, 1.807) is 6.26 Å². The molecule has 0 bridgehead atoms. The molecule has 2 nitrogen and oxygen atoms in total. The quantitative estimate of drug-likeness (QED) is 0.822. The molecule has 0 radical (unpaired) electrons. The smallest absolute Gasteiger partial charge is 0.0950 e. The molecule has 2 rings (SSSR count). The predicted octanol–water partition coefficient (Wildman–Crippen LogP) is 3.37. The van der Waals surface area contributed by atoms with Crippen LogP contribution in [0.3, 0.4) is 0 Å². The maximum absolute atomic E-state index is 5.17. The lowest BCUT2D eigenvalue weighted by molar-refractivity contribution is 0.237. The van der Waals surface area contributed by atoms with Crippen molar-refractivity contribution in [2.24, 2.45) is 11.8 Å². The second-order valence-electron chi connectivity index (χ2n) is 4.84. The Balaban J connectivity index is 2.01. The summed E-state index contributed by atoms with van der Waals surface area (Å²) in [5, 5.41) is 3.43. The van der Waals surface area contributed by atoms with Gasteiger partial charge in [-0.05, 0) is 37.8 Å². The van der Waals surface area contributed by atoms with Crippen molar-refractivity contribution in [2.45, 2.75) is 38.6 Å². The number of nitrogens with one attached hydrogen (secondary N) is 1. The summed E-state index contributed by atoms with van der Waals surface area (Å²) in [5.74, 6) is 1.70. The Kier molecular flexibility index (Phi) is 3.47. The van der Waals surface area contributed by atoms with Gasteiger partial charge in [-0.15, -0.1) is 0 Å². The maximum atomic E-state index is 5.17. The zero-order valence-electron chi connectivity index (χ0n) is 9.70. The van der Waals surface area contributed by atoms with Crippen molar-refractivity contribution in [3.05, 3.63) is 24.2 Å². The van der Waals surface area contributed by atoms with Crippen LogP contribution in [0.4, 0.5) is 0 Å². The summed E-state index contributed by atoms with van der Waals surface area (Å²) in [7, 11) is 2.05. The van der Waals surface area contributed by atoms with Gasteiger partial charge in [-0.1, -0.05) is 19.8 Å². The highest BCUT2D eigenvalue weighted by molar-refractivity contribution is 5.13. The summed E-state index contributed by atoms with van der Waals surface area (Å²) < 4.78 is 5.17. The SMILES string of the molecule is CNC(c1ccoc1)C1CCC(C)CC1. The van der Waals surface area contributed by atoms with Gasteiger partial charge in [0.1, 0.15) is 0 Å². The lowest BCUT2D eigenvalue weighted by Crippen LogP contribution is -2.28. The first-order valence-corrected chi connectivity index (χ1v) is 6.00. The van der Waals surface area contributed by atoms with Crippen molar-refractivity contribution in [1.82, 2.24) is 5.32 Å². The topological polar surface area (TPSA) is 25.2 Å². The molecule has 0 spiro atoms. The lowest BCUT2D eigenvalue weighted by Gasteiger charge is -2.32. The van der Waals surface area contributed by atoms with Gasteiger partial charge in [0.05, 0.1) is 12.5 Å². The maximum Gasteiger partial charge on any atom is 0.0950 e. The molecule has 84 valence electrons. The van der Waals surface area contributed by atoms with Crippen LogP contribution in [0.2, 0.25) is 0 Å². The predicted molar refractivity (Wildman–Crippen MR) is 61.6 cm³/mol. The molecule has 0 saturated heterocycles. The van der Waals surface area contributed by atoms with Crippen molar-refractivity contribution >= 4 is 0 Å². The third-order valence-electron chi connectivity index (χ3n) is 3.75. The molecule has 0 aromatic carbocycles. The Morgan fingerprint density at radius 2 is 2.07 bits per heavy atom. The molecule has 1 aliphatic carbocycles. The fourth-order valence-corrected chi connectivity index (χ4v) is 2.75. The van der Waals surface area contributed by atoms with Gasteiger partial charge in [-0.25, -0.2) is 0 Å². The fourth-order valence-electron chi connectivity index (χ4n) is 2.75. The summed E-state index contributed by atoms with van der Waals surface area (Å²) in [6.45, 7) is 2.36. The Labute approximate surface area is 92.1 Å². The van der Waals surface area contributed by atoms with E-state index in [9.17, 15) is 0 Å². The largest absolute Gasteiger partial charge is 0.472 e.